The molecule has 0 spiro atoms. The van der Waals surface area contributed by atoms with Crippen molar-refractivity contribution < 1.29 is 4.39 Å². The van der Waals surface area contributed by atoms with Crippen molar-refractivity contribution in [3.05, 3.63) is 59.4 Å². The molecule has 2 aromatic carbocycles. The molecule has 0 amide bonds. The number of hydrogen-bond acceptors (Lipinski definition) is 2. The average molecular weight is 378 g/mol. The van der Waals surface area contributed by atoms with Gasteiger partial charge in [0.15, 0.2) is 0 Å². The molecule has 1 fully saturated rings. The number of hydrogen-bond donors (Lipinski definition) is 1. The first-order chi connectivity index (χ1) is 13.3. The molecule has 2 N–H and O–H groups in total. The van der Waals surface area contributed by atoms with Crippen molar-refractivity contribution in [3.8, 4) is 17.2 Å². The number of nitrogens with zero attached hydrogens (tertiary/aromatic N) is 2. The summed E-state index contributed by atoms with van der Waals surface area (Å²) in [5.41, 5.74) is 8.50. The summed E-state index contributed by atoms with van der Waals surface area (Å²) in [6.45, 7) is 6.12. The van der Waals surface area contributed by atoms with Gasteiger partial charge < -0.3 is 5.73 Å². The maximum Gasteiger partial charge on any atom is 0.128 e. The van der Waals surface area contributed by atoms with E-state index in [0.717, 1.165) is 36.8 Å². The Labute approximate surface area is 167 Å². The maximum absolute atomic E-state index is 14.9. The van der Waals surface area contributed by atoms with Crippen molar-refractivity contribution in [2.24, 2.45) is 16.1 Å². The highest BCUT2D eigenvalue weighted by Gasteiger charge is 2.36. The molecular formula is C24H28FN3. The fraction of sp³-hybridized carbons (Fsp3) is 0.417. The summed E-state index contributed by atoms with van der Waals surface area (Å²) >= 11 is 0. The van der Waals surface area contributed by atoms with Gasteiger partial charge in [-0.3, -0.25) is 4.99 Å². The standard InChI is InChI=1S/C24H28FN3/c1-4-24(3,28-22(27)23(2)12-5-6-13-23)20-15-19(10-11-21(20)25)18-9-7-8-17(14-18)16-26/h7-11,14-15H,4-6,12-13H2,1-3H3,(H2,27,28)/t24-/m0/s1. The normalized spacial score (nSPS) is 18.5. The first-order valence-electron chi connectivity index (χ1n) is 9.98. The van der Waals surface area contributed by atoms with Crippen molar-refractivity contribution in [2.75, 3.05) is 0 Å². The fourth-order valence-electron chi connectivity index (χ4n) is 4.03. The van der Waals surface area contributed by atoms with Crippen molar-refractivity contribution in [3.63, 3.8) is 0 Å². The van der Waals surface area contributed by atoms with E-state index in [1.54, 1.807) is 12.1 Å². The smallest absolute Gasteiger partial charge is 0.128 e. The van der Waals surface area contributed by atoms with E-state index >= 15 is 0 Å². The molecule has 2 aromatic rings. The van der Waals surface area contributed by atoms with E-state index in [4.69, 9.17) is 16.0 Å². The molecule has 4 heteroatoms. The number of amidine groups is 1. The molecule has 0 aliphatic heterocycles. The molecular weight excluding hydrogens is 349 g/mol. The molecule has 1 saturated carbocycles. The molecule has 3 nitrogen and oxygen atoms in total. The van der Waals surface area contributed by atoms with Crippen LogP contribution in [0.3, 0.4) is 0 Å². The zero-order valence-corrected chi connectivity index (χ0v) is 16.9. The molecule has 3 rings (SSSR count). The molecule has 0 radical (unpaired) electrons. The molecule has 28 heavy (non-hydrogen) atoms. The van der Waals surface area contributed by atoms with Crippen LogP contribution < -0.4 is 5.73 Å². The molecule has 0 bridgehead atoms. The number of aliphatic imine (C=N–C) groups is 1. The molecule has 0 aromatic heterocycles. The van der Waals surface area contributed by atoms with Crippen molar-refractivity contribution in [2.45, 2.75) is 58.4 Å². The van der Waals surface area contributed by atoms with Gasteiger partial charge in [0.25, 0.3) is 0 Å². The first kappa shape index (κ1) is 20.1. The van der Waals surface area contributed by atoms with Gasteiger partial charge in [-0.2, -0.15) is 5.26 Å². The van der Waals surface area contributed by atoms with Crippen molar-refractivity contribution in [1.29, 1.82) is 5.26 Å². The molecule has 1 atom stereocenters. The molecule has 0 heterocycles. The van der Waals surface area contributed by atoms with Gasteiger partial charge in [-0.25, -0.2) is 4.39 Å². The van der Waals surface area contributed by atoms with Crippen molar-refractivity contribution in [1.82, 2.24) is 0 Å². The van der Waals surface area contributed by atoms with Gasteiger partial charge in [-0.15, -0.1) is 0 Å². The zero-order valence-electron chi connectivity index (χ0n) is 16.9. The largest absolute Gasteiger partial charge is 0.387 e. The number of rotatable bonds is 5. The molecule has 146 valence electrons. The minimum absolute atomic E-state index is 0.0916. The van der Waals surface area contributed by atoms with Crippen LogP contribution in [0.5, 0.6) is 0 Å². The molecule has 1 aliphatic rings. The minimum Gasteiger partial charge on any atom is -0.387 e. The summed E-state index contributed by atoms with van der Waals surface area (Å²) in [4.78, 5) is 4.88. The third kappa shape index (κ3) is 3.80. The van der Waals surface area contributed by atoms with E-state index in [2.05, 4.69) is 13.0 Å². The van der Waals surface area contributed by atoms with Crippen LogP contribution in [0.1, 0.15) is 64.0 Å². The quantitative estimate of drug-likeness (QED) is 0.519. The van der Waals surface area contributed by atoms with Crippen LogP contribution in [0.4, 0.5) is 4.39 Å². The Balaban J connectivity index is 2.06. The van der Waals surface area contributed by atoms with Crippen LogP contribution in [0, 0.1) is 22.6 Å². The Hall–Kier alpha value is -2.67. The van der Waals surface area contributed by atoms with Crippen LogP contribution in [-0.2, 0) is 5.54 Å². The number of nitrogens with two attached hydrogens (primary N) is 1. The second-order valence-corrected chi connectivity index (χ2v) is 8.28. The Morgan fingerprint density at radius 2 is 1.89 bits per heavy atom. The van der Waals surface area contributed by atoms with Crippen molar-refractivity contribution >= 4 is 5.84 Å². The van der Waals surface area contributed by atoms with Gasteiger partial charge in [-0.1, -0.05) is 44.9 Å². The fourth-order valence-corrected chi connectivity index (χ4v) is 4.03. The van der Waals surface area contributed by atoms with E-state index in [1.807, 2.05) is 38.1 Å². The van der Waals surface area contributed by atoms with Gasteiger partial charge in [0.1, 0.15) is 11.7 Å². The maximum atomic E-state index is 14.9. The topological polar surface area (TPSA) is 62.2 Å². The zero-order chi connectivity index (χ0) is 20.4. The summed E-state index contributed by atoms with van der Waals surface area (Å²) in [7, 11) is 0. The molecule has 0 saturated heterocycles. The molecule has 1 aliphatic carbocycles. The lowest BCUT2D eigenvalue weighted by Crippen LogP contribution is -2.35. The van der Waals surface area contributed by atoms with Crippen LogP contribution >= 0.6 is 0 Å². The summed E-state index contributed by atoms with van der Waals surface area (Å²) in [5.74, 6) is 0.350. The Kier molecular flexibility index (Phi) is 5.56. The van der Waals surface area contributed by atoms with E-state index in [1.165, 1.54) is 6.07 Å². The number of nitriles is 1. The third-order valence-electron chi connectivity index (χ3n) is 6.25. The predicted octanol–water partition coefficient (Wildman–Crippen LogP) is 5.93. The van der Waals surface area contributed by atoms with E-state index in [-0.39, 0.29) is 11.2 Å². The highest BCUT2D eigenvalue weighted by molar-refractivity contribution is 5.87. The van der Waals surface area contributed by atoms with Gasteiger partial charge in [0, 0.05) is 11.0 Å². The van der Waals surface area contributed by atoms with Crippen LogP contribution in [-0.4, -0.2) is 5.84 Å². The summed E-state index contributed by atoms with van der Waals surface area (Å²) < 4.78 is 14.9. The Morgan fingerprint density at radius 1 is 1.21 bits per heavy atom. The highest BCUT2D eigenvalue weighted by atomic mass is 19.1. The van der Waals surface area contributed by atoms with Crippen LogP contribution in [0.25, 0.3) is 11.1 Å². The van der Waals surface area contributed by atoms with Gasteiger partial charge in [-0.05, 0) is 61.6 Å². The predicted molar refractivity (Wildman–Crippen MR) is 112 cm³/mol. The second kappa shape index (κ2) is 7.75. The second-order valence-electron chi connectivity index (χ2n) is 8.28. The van der Waals surface area contributed by atoms with Crippen LogP contribution in [0.15, 0.2) is 47.5 Å². The van der Waals surface area contributed by atoms with Crippen LogP contribution in [0.2, 0.25) is 0 Å². The lowest BCUT2D eigenvalue weighted by atomic mass is 9.84. The van der Waals surface area contributed by atoms with E-state index in [9.17, 15) is 4.39 Å². The van der Waals surface area contributed by atoms with Gasteiger partial charge >= 0.3 is 0 Å². The summed E-state index contributed by atoms with van der Waals surface area (Å²) in [6.07, 6.45) is 5.03. The first-order valence-corrected chi connectivity index (χ1v) is 9.98. The van der Waals surface area contributed by atoms with E-state index in [0.29, 0.717) is 23.4 Å². The summed E-state index contributed by atoms with van der Waals surface area (Å²) in [5, 5.41) is 9.16. The summed E-state index contributed by atoms with van der Waals surface area (Å²) in [6, 6.07) is 14.6. The average Bonchev–Trinajstić information content (AvgIpc) is 3.16. The monoisotopic (exact) mass is 377 g/mol. The Morgan fingerprint density at radius 3 is 2.54 bits per heavy atom. The van der Waals surface area contributed by atoms with E-state index < -0.39 is 5.54 Å². The SMILES string of the molecule is CC[C@](C)(N=C(N)C1(C)CCCC1)c1cc(-c2cccc(C#N)c2)ccc1F. The van der Waals surface area contributed by atoms with Gasteiger partial charge in [0.05, 0.1) is 17.2 Å². The lowest BCUT2D eigenvalue weighted by molar-refractivity contribution is 0.424. The third-order valence-corrected chi connectivity index (χ3v) is 6.25. The number of benzene rings is 2. The Bertz CT molecular complexity index is 935. The number of halogens is 1. The minimum atomic E-state index is -0.734. The molecule has 0 unspecified atom stereocenters. The van der Waals surface area contributed by atoms with Gasteiger partial charge in [0.2, 0.25) is 0 Å². The highest BCUT2D eigenvalue weighted by Crippen LogP contribution is 2.40. The lowest BCUT2D eigenvalue weighted by Gasteiger charge is -2.30.